The lowest BCUT2D eigenvalue weighted by atomic mass is 9.68. The number of ether oxygens (including phenoxy) is 3. The number of nitriles is 1. The van der Waals surface area contributed by atoms with Crippen molar-refractivity contribution in [3.8, 4) is 29.9 Å². The molecule has 3 rings (SSSR count). The zero-order chi connectivity index (χ0) is 24.2. The van der Waals surface area contributed by atoms with Crippen LogP contribution >= 0.6 is 0 Å². The van der Waals surface area contributed by atoms with Crippen molar-refractivity contribution in [2.75, 3.05) is 33.5 Å². The summed E-state index contributed by atoms with van der Waals surface area (Å²) in [6.07, 6.45) is 6.41. The van der Waals surface area contributed by atoms with Gasteiger partial charge in [0.05, 0.1) is 30.8 Å². The number of hydrogen-bond acceptors (Lipinski definition) is 7. The van der Waals surface area contributed by atoms with E-state index in [9.17, 15) is 10.1 Å². The first kappa shape index (κ1) is 24.2. The van der Waals surface area contributed by atoms with E-state index >= 15 is 0 Å². The number of Topliss-reactive ketones (excluding diaryl/α,β-unsaturated/α-hetero) is 1. The first-order valence-corrected chi connectivity index (χ1v) is 11.0. The Labute approximate surface area is 195 Å². The van der Waals surface area contributed by atoms with Crippen LogP contribution in [0.25, 0.3) is 0 Å². The van der Waals surface area contributed by atoms with Crippen LogP contribution in [0.1, 0.15) is 45.1 Å². The van der Waals surface area contributed by atoms with E-state index in [0.29, 0.717) is 61.1 Å². The third-order valence-electron chi connectivity index (χ3n) is 5.92. The molecule has 2 aliphatic rings. The van der Waals surface area contributed by atoms with Crippen LogP contribution in [0.5, 0.6) is 11.5 Å². The van der Waals surface area contributed by atoms with Gasteiger partial charge in [0, 0.05) is 31.3 Å². The van der Waals surface area contributed by atoms with Crippen LogP contribution in [-0.4, -0.2) is 44.2 Å². The minimum absolute atomic E-state index is 0.0273. The summed E-state index contributed by atoms with van der Waals surface area (Å²) in [4.78, 5) is 15.3. The SMILES string of the molecule is C#CCOc1ccc([C@H]2C(C#N)=C(N)N(CCOC)C3=C2C(=O)CC(C)(C)C3)cc1OCC. The smallest absolute Gasteiger partial charge is 0.162 e. The third kappa shape index (κ3) is 4.84. The second kappa shape index (κ2) is 10.0. The van der Waals surface area contributed by atoms with Crippen molar-refractivity contribution in [1.82, 2.24) is 4.90 Å². The van der Waals surface area contributed by atoms with E-state index in [1.165, 1.54) is 0 Å². The number of methoxy groups -OCH3 is 1. The summed E-state index contributed by atoms with van der Waals surface area (Å²) >= 11 is 0. The highest BCUT2D eigenvalue weighted by molar-refractivity contribution is 6.00. The molecule has 0 unspecified atom stereocenters. The number of rotatable bonds is 8. The molecule has 0 fully saturated rings. The number of hydrogen-bond donors (Lipinski definition) is 1. The third-order valence-corrected chi connectivity index (χ3v) is 5.92. The van der Waals surface area contributed by atoms with Gasteiger partial charge >= 0.3 is 0 Å². The summed E-state index contributed by atoms with van der Waals surface area (Å²) in [7, 11) is 1.61. The van der Waals surface area contributed by atoms with E-state index < -0.39 is 5.92 Å². The molecule has 0 saturated carbocycles. The van der Waals surface area contributed by atoms with E-state index in [0.717, 1.165) is 11.3 Å². The topological polar surface area (TPSA) is 97.8 Å². The van der Waals surface area contributed by atoms with Crippen molar-refractivity contribution < 1.29 is 19.0 Å². The molecule has 1 aromatic rings. The van der Waals surface area contributed by atoms with Gasteiger partial charge < -0.3 is 24.8 Å². The Bertz CT molecular complexity index is 1070. The van der Waals surface area contributed by atoms with Crippen molar-refractivity contribution >= 4 is 5.78 Å². The Morgan fingerprint density at radius 3 is 2.67 bits per heavy atom. The average Bonchev–Trinajstić information content (AvgIpc) is 2.76. The van der Waals surface area contributed by atoms with E-state index in [1.54, 1.807) is 13.2 Å². The fourth-order valence-corrected chi connectivity index (χ4v) is 4.56. The second-order valence-electron chi connectivity index (χ2n) is 8.92. The van der Waals surface area contributed by atoms with Gasteiger partial charge in [-0.1, -0.05) is 25.8 Å². The standard InChI is InChI=1S/C26H31N3O4/c1-6-11-33-21-9-8-17(13-22(21)32-7-2)23-18(16-27)25(28)29(10-12-31-5)19-14-26(3,4)15-20(30)24(19)23/h1,8-9,13,23H,7,10-12,14-15,28H2,2-5H3/t23-/m0/s1. The lowest BCUT2D eigenvalue weighted by Gasteiger charge is -2.43. The molecule has 0 aromatic heterocycles. The Hall–Kier alpha value is -3.42. The molecule has 1 heterocycles. The number of ketones is 1. The molecule has 0 saturated heterocycles. The number of nitrogens with two attached hydrogens (primary N) is 1. The number of nitrogens with zero attached hydrogens (tertiary/aromatic N) is 2. The van der Waals surface area contributed by atoms with Gasteiger partial charge in [-0.05, 0) is 36.5 Å². The minimum Gasteiger partial charge on any atom is -0.490 e. The zero-order valence-corrected chi connectivity index (χ0v) is 19.7. The largest absolute Gasteiger partial charge is 0.490 e. The van der Waals surface area contributed by atoms with Gasteiger partial charge in [0.15, 0.2) is 17.3 Å². The molecule has 1 aromatic carbocycles. The van der Waals surface area contributed by atoms with Crippen molar-refractivity contribution in [2.24, 2.45) is 11.1 Å². The summed E-state index contributed by atoms with van der Waals surface area (Å²) < 4.78 is 16.7. The maximum atomic E-state index is 13.5. The van der Waals surface area contributed by atoms with Crippen molar-refractivity contribution in [3.63, 3.8) is 0 Å². The van der Waals surface area contributed by atoms with Gasteiger partial charge in [0.1, 0.15) is 12.4 Å². The summed E-state index contributed by atoms with van der Waals surface area (Å²) in [5.74, 6) is 3.27. The normalized spacial score (nSPS) is 19.6. The van der Waals surface area contributed by atoms with Gasteiger partial charge in [-0.3, -0.25) is 4.79 Å². The van der Waals surface area contributed by atoms with Crippen LogP contribution in [0.3, 0.4) is 0 Å². The van der Waals surface area contributed by atoms with Gasteiger partial charge in [-0.15, -0.1) is 6.42 Å². The molecule has 1 aliphatic heterocycles. The fourth-order valence-electron chi connectivity index (χ4n) is 4.56. The number of carbonyl (C=O) groups excluding carboxylic acids is 1. The summed E-state index contributed by atoms with van der Waals surface area (Å²) in [5.41, 5.74) is 8.91. The van der Waals surface area contributed by atoms with E-state index in [-0.39, 0.29) is 17.8 Å². The van der Waals surface area contributed by atoms with Gasteiger partial charge in [-0.25, -0.2) is 0 Å². The van der Waals surface area contributed by atoms with E-state index in [1.807, 2.05) is 24.0 Å². The first-order valence-electron chi connectivity index (χ1n) is 11.0. The Kier molecular flexibility index (Phi) is 7.36. The maximum Gasteiger partial charge on any atom is 0.162 e. The number of benzene rings is 1. The van der Waals surface area contributed by atoms with Crippen LogP contribution in [0.4, 0.5) is 0 Å². The lowest BCUT2D eigenvalue weighted by molar-refractivity contribution is -0.118. The maximum absolute atomic E-state index is 13.5. The molecule has 1 aliphatic carbocycles. The van der Waals surface area contributed by atoms with Crippen LogP contribution in [0.2, 0.25) is 0 Å². The Morgan fingerprint density at radius 1 is 1.27 bits per heavy atom. The molecule has 7 heteroatoms. The van der Waals surface area contributed by atoms with Crippen LogP contribution in [0.15, 0.2) is 40.9 Å². The summed E-state index contributed by atoms with van der Waals surface area (Å²) in [6.45, 7) is 7.44. The average molecular weight is 450 g/mol. The molecule has 0 bridgehead atoms. The van der Waals surface area contributed by atoms with E-state index in [2.05, 4.69) is 25.8 Å². The van der Waals surface area contributed by atoms with Gasteiger partial charge in [-0.2, -0.15) is 5.26 Å². The molecule has 33 heavy (non-hydrogen) atoms. The Morgan fingerprint density at radius 2 is 2.03 bits per heavy atom. The highest BCUT2D eigenvalue weighted by Crippen LogP contribution is 2.49. The zero-order valence-electron chi connectivity index (χ0n) is 19.7. The quantitative estimate of drug-likeness (QED) is 0.607. The lowest BCUT2D eigenvalue weighted by Crippen LogP contribution is -2.43. The fraction of sp³-hybridized carbons (Fsp3) is 0.462. The molecule has 0 amide bonds. The van der Waals surface area contributed by atoms with Gasteiger partial charge in [0.25, 0.3) is 0 Å². The number of terminal acetylenes is 1. The Balaban J connectivity index is 2.19. The molecule has 1 atom stereocenters. The van der Waals surface area contributed by atoms with Crippen molar-refractivity contribution in [3.05, 3.63) is 46.4 Å². The van der Waals surface area contributed by atoms with Crippen LogP contribution in [0, 0.1) is 29.1 Å². The minimum atomic E-state index is -0.576. The van der Waals surface area contributed by atoms with Crippen molar-refractivity contribution in [1.29, 1.82) is 5.26 Å². The van der Waals surface area contributed by atoms with Gasteiger partial charge in [0.2, 0.25) is 0 Å². The molecule has 7 nitrogen and oxygen atoms in total. The van der Waals surface area contributed by atoms with E-state index in [4.69, 9.17) is 26.4 Å². The predicted octanol–water partition coefficient (Wildman–Crippen LogP) is 3.48. The molecule has 174 valence electrons. The monoisotopic (exact) mass is 449 g/mol. The molecule has 0 spiro atoms. The summed E-state index contributed by atoms with van der Waals surface area (Å²) in [6, 6.07) is 7.68. The highest BCUT2D eigenvalue weighted by Gasteiger charge is 2.44. The molecule has 0 radical (unpaired) electrons. The molecular weight excluding hydrogens is 418 g/mol. The first-order chi connectivity index (χ1) is 15.8. The molecular formula is C26H31N3O4. The van der Waals surface area contributed by atoms with Crippen molar-refractivity contribution in [2.45, 2.75) is 39.5 Å². The summed E-state index contributed by atoms with van der Waals surface area (Å²) in [5, 5.41) is 10.1. The molecule has 2 N–H and O–H groups in total. The highest BCUT2D eigenvalue weighted by atomic mass is 16.5. The van der Waals surface area contributed by atoms with Crippen LogP contribution in [-0.2, 0) is 9.53 Å². The van der Waals surface area contributed by atoms with Crippen LogP contribution < -0.4 is 15.2 Å². The second-order valence-corrected chi connectivity index (χ2v) is 8.92. The number of carbonyl (C=O) groups is 1. The number of allylic oxidation sites excluding steroid dienone is 3. The predicted molar refractivity (Wildman–Crippen MR) is 125 cm³/mol.